The van der Waals surface area contributed by atoms with Crippen LogP contribution in [0, 0.1) is 0 Å². The first-order valence-electron chi connectivity index (χ1n) is 33.6. The van der Waals surface area contributed by atoms with E-state index in [1.807, 2.05) is 0 Å². The molecule has 48 nitrogen and oxygen atoms in total. The molecule has 0 unspecified atom stereocenters. The van der Waals surface area contributed by atoms with Crippen molar-refractivity contribution in [3.8, 4) is 0 Å². The highest BCUT2D eigenvalue weighted by molar-refractivity contribution is 5.73. The van der Waals surface area contributed by atoms with E-state index in [1.54, 1.807) is 0 Å². The summed E-state index contributed by atoms with van der Waals surface area (Å²) in [4.78, 5) is 24.8. The van der Waals surface area contributed by atoms with Crippen molar-refractivity contribution in [3.05, 3.63) is 0 Å². The number of carbonyl (C=O) groups is 2. The molecular formula is C58H100N2O46. The molecular weight excluding hydrogens is 1460 g/mol. The Labute approximate surface area is 599 Å². The van der Waals surface area contributed by atoms with Gasteiger partial charge in [-0.15, -0.1) is 0 Å². The van der Waals surface area contributed by atoms with Gasteiger partial charge in [0.25, 0.3) is 0 Å². The number of nitrogens with one attached hydrogen (secondary N) is 2. The molecule has 8 fully saturated rings. The SMILES string of the molecule is CC(=O)N[C@H]1[C@H](O[C@@H]([C@H](O)[C@H](CO)NC(C)=O)[C@H](O)CO)O[C@H](CO)[C@@H](O[C@@H]2O[C@H](CO[C@H]3O[C@H](CO[C@H]4O[C@H](CO)[C@@H](O)[C@H](O)[C@@H]4O[C@H]4O[C@H](CO)[C@@H](O)[C@H](O)[C@@H]4O)[C@@H](O)[C@H](O[C@H]4O[C@H](CO)[C@@H](O)[C@H](O)[C@@H]4O[C@H]4O[C@H](CO)[C@@H](O)[C@H](O)[C@@H]4O)[C@@H]3O)[C@@H](O)[C@H](O[C@@H]3O[C@H](CO)[C@@H](O)[C@H](O)[C@@H]3O)[C@@H]2O)[C@@H]1O. The van der Waals surface area contributed by atoms with Gasteiger partial charge in [0, 0.05) is 13.8 Å². The maximum absolute atomic E-state index is 12.8. The Bertz CT molecular complexity index is 2660. The Morgan fingerprint density at radius 2 is 0.651 bits per heavy atom. The molecule has 8 heterocycles. The highest BCUT2D eigenvalue weighted by atomic mass is 16.8. The Morgan fingerprint density at radius 1 is 0.321 bits per heavy atom. The molecule has 30 N–H and O–H groups in total. The molecule has 0 bridgehead atoms. The van der Waals surface area contributed by atoms with Crippen molar-refractivity contribution >= 4 is 11.8 Å². The summed E-state index contributed by atoms with van der Waals surface area (Å²) in [6.45, 7) is -9.12. The molecule has 2 amide bonds. The van der Waals surface area contributed by atoms with Gasteiger partial charge in [0.15, 0.2) is 50.3 Å². The predicted octanol–water partition coefficient (Wildman–Crippen LogP) is -20.7. The molecule has 8 saturated heterocycles. The van der Waals surface area contributed by atoms with E-state index in [0.29, 0.717) is 0 Å². The van der Waals surface area contributed by atoms with Gasteiger partial charge in [-0.05, 0) is 0 Å². The van der Waals surface area contributed by atoms with E-state index in [9.17, 15) is 153 Å². The molecule has 0 aromatic heterocycles. The number of rotatable bonds is 31. The zero-order valence-corrected chi connectivity index (χ0v) is 56.3. The lowest BCUT2D eigenvalue weighted by atomic mass is 9.94. The largest absolute Gasteiger partial charge is 0.394 e. The van der Waals surface area contributed by atoms with E-state index in [1.165, 1.54) is 0 Å². The molecule has 0 spiro atoms. The second-order valence-corrected chi connectivity index (χ2v) is 26.5. The van der Waals surface area contributed by atoms with Crippen LogP contribution in [0.1, 0.15) is 13.8 Å². The van der Waals surface area contributed by atoms with Crippen LogP contribution in [0.2, 0.25) is 0 Å². The van der Waals surface area contributed by atoms with Crippen molar-refractivity contribution in [2.24, 2.45) is 0 Å². The lowest BCUT2D eigenvalue weighted by molar-refractivity contribution is -0.397. The smallest absolute Gasteiger partial charge is 0.217 e. The second kappa shape index (κ2) is 39.3. The molecule has 0 aromatic rings. The molecule has 106 heavy (non-hydrogen) atoms. The van der Waals surface area contributed by atoms with Crippen LogP contribution in [0.15, 0.2) is 0 Å². The topological polar surface area (TPSA) is 772 Å². The molecule has 618 valence electrons. The van der Waals surface area contributed by atoms with E-state index in [2.05, 4.69) is 10.6 Å². The summed E-state index contributed by atoms with van der Waals surface area (Å²) in [5, 5.41) is 310. The van der Waals surface area contributed by atoms with Crippen molar-refractivity contribution < 1.29 is 228 Å². The standard InChI is InChI=1S/C58H100N2O46/c1-13(69)59-15(3-61)26(72)45(16(71)4-62)101-51-25(60-14(2)70)34(80)46(22(10-68)98-51)102-56-44(90)48(103-53-40(86)35(81)27(73)17(5-63)93-53)33(79)24(100-56)11-91-52-43(89)47(104-58-50(39(85)31(77)21(9-67)97-58)106-55-42(88)37(83)29(75)19(7-65)95-55)32(78)23(99-52)12-92-57-49(38(84)30(76)20(8-66)96-57)105-54-41(87)36(82)28(74)18(6-64)94-54/h15-58,61-68,71-90H,3-12H2,1-2H3,(H,59,69)(H,60,70)/t15-,16+,17+,18+,19+,20+,21+,22+,23+,24+,25+,26+,27+,28+,29+,30+,31+,32+,33+,34+,35-,36-,37-,38-,39-,40-,41-,42-,43-,44-,45+,46+,47-,48-,49-,50-,51-,52-,53-,54+,55+,56-,57-,58+/m0/s1. The predicted molar refractivity (Wildman–Crippen MR) is 322 cm³/mol. The maximum atomic E-state index is 12.8. The van der Waals surface area contributed by atoms with Crippen LogP contribution in [0.25, 0.3) is 0 Å². The zero-order chi connectivity index (χ0) is 78.4. The fourth-order valence-electron chi connectivity index (χ4n) is 13.1. The molecule has 48 heteroatoms. The van der Waals surface area contributed by atoms with Crippen molar-refractivity contribution in [1.82, 2.24) is 10.6 Å². The van der Waals surface area contributed by atoms with E-state index in [4.69, 9.17) is 75.8 Å². The average molecular weight is 1560 g/mol. The summed E-state index contributed by atoms with van der Waals surface area (Å²) < 4.78 is 93.1. The highest BCUT2D eigenvalue weighted by Crippen LogP contribution is 2.39. The number of carbonyl (C=O) groups excluding carboxylic acids is 2. The third-order valence-electron chi connectivity index (χ3n) is 19.2. The van der Waals surface area contributed by atoms with Crippen LogP contribution < -0.4 is 10.6 Å². The van der Waals surface area contributed by atoms with Gasteiger partial charge in [0.1, 0.15) is 214 Å². The van der Waals surface area contributed by atoms with E-state index in [-0.39, 0.29) is 0 Å². The minimum atomic E-state index is -2.51. The number of aliphatic hydroxyl groups is 28. The number of hydrogen-bond acceptors (Lipinski definition) is 46. The lowest BCUT2D eigenvalue weighted by Crippen LogP contribution is -2.69. The first-order valence-corrected chi connectivity index (χ1v) is 33.6. The quantitative estimate of drug-likeness (QED) is 0.0306. The van der Waals surface area contributed by atoms with Crippen molar-refractivity contribution in [2.45, 2.75) is 284 Å². The number of aliphatic hydroxyl groups excluding tert-OH is 28. The summed E-state index contributed by atoms with van der Waals surface area (Å²) in [5.41, 5.74) is 0. The Hall–Kier alpha value is -2.82. The summed E-state index contributed by atoms with van der Waals surface area (Å²) >= 11 is 0. The van der Waals surface area contributed by atoms with Crippen LogP contribution in [-0.2, 0) is 85.4 Å². The molecule has 0 radical (unpaired) electrons. The molecule has 8 rings (SSSR count). The van der Waals surface area contributed by atoms with Gasteiger partial charge in [-0.1, -0.05) is 0 Å². The Kier molecular flexibility index (Phi) is 32.9. The number of amides is 2. The third kappa shape index (κ3) is 19.7. The normalized spacial score (nSPS) is 48.0. The molecule has 8 aliphatic rings. The van der Waals surface area contributed by atoms with Gasteiger partial charge >= 0.3 is 0 Å². The third-order valence-corrected chi connectivity index (χ3v) is 19.2. The maximum Gasteiger partial charge on any atom is 0.217 e. The van der Waals surface area contributed by atoms with Crippen molar-refractivity contribution in [2.75, 3.05) is 66.1 Å². The fraction of sp³-hybridized carbons (Fsp3) is 0.966. The van der Waals surface area contributed by atoms with Crippen LogP contribution in [-0.4, -0.2) is 491 Å². The highest BCUT2D eigenvalue weighted by Gasteiger charge is 2.60. The van der Waals surface area contributed by atoms with E-state index >= 15 is 0 Å². The minimum absolute atomic E-state index is 0.800. The first-order chi connectivity index (χ1) is 50.1. The minimum Gasteiger partial charge on any atom is -0.394 e. The lowest BCUT2D eigenvalue weighted by Gasteiger charge is -2.50. The van der Waals surface area contributed by atoms with Crippen LogP contribution >= 0.6 is 0 Å². The Morgan fingerprint density at radius 3 is 1.06 bits per heavy atom. The Balaban J connectivity index is 1.14. The van der Waals surface area contributed by atoms with E-state index < -0.39 is 348 Å². The van der Waals surface area contributed by atoms with Gasteiger partial charge < -0.3 is 229 Å². The summed E-state index contributed by atoms with van der Waals surface area (Å²) in [5.74, 6) is -1.76. The van der Waals surface area contributed by atoms with Gasteiger partial charge in [-0.25, -0.2) is 0 Å². The second-order valence-electron chi connectivity index (χ2n) is 26.5. The molecule has 0 aliphatic carbocycles. The first kappa shape index (κ1) is 88.7. The van der Waals surface area contributed by atoms with Gasteiger partial charge in [0.2, 0.25) is 11.8 Å². The number of hydrogen-bond donors (Lipinski definition) is 30. The summed E-state index contributed by atoms with van der Waals surface area (Å²) in [7, 11) is 0. The average Bonchev–Trinajstić information content (AvgIpc) is 0.779. The molecule has 44 atom stereocenters. The van der Waals surface area contributed by atoms with E-state index in [0.717, 1.165) is 13.8 Å². The van der Waals surface area contributed by atoms with Crippen LogP contribution in [0.3, 0.4) is 0 Å². The number of ether oxygens (including phenoxy) is 16. The van der Waals surface area contributed by atoms with Crippen LogP contribution in [0.5, 0.6) is 0 Å². The van der Waals surface area contributed by atoms with Gasteiger partial charge in [-0.2, -0.15) is 0 Å². The summed E-state index contributed by atoms with van der Waals surface area (Å²) in [6.07, 6.45) is -89.8. The molecule has 8 aliphatic heterocycles. The van der Waals surface area contributed by atoms with Crippen LogP contribution in [0.4, 0.5) is 0 Å². The summed E-state index contributed by atoms with van der Waals surface area (Å²) in [6, 6.07) is -3.57. The zero-order valence-electron chi connectivity index (χ0n) is 56.3. The van der Waals surface area contributed by atoms with Crippen molar-refractivity contribution in [1.29, 1.82) is 0 Å². The molecule has 0 saturated carbocycles. The monoisotopic (exact) mass is 1560 g/mol. The fourth-order valence-corrected chi connectivity index (χ4v) is 13.1. The van der Waals surface area contributed by atoms with Gasteiger partial charge in [-0.3, -0.25) is 9.59 Å². The molecule has 0 aromatic carbocycles. The van der Waals surface area contributed by atoms with Gasteiger partial charge in [0.05, 0.1) is 72.1 Å². The van der Waals surface area contributed by atoms with Crippen molar-refractivity contribution in [3.63, 3.8) is 0 Å².